The summed E-state index contributed by atoms with van der Waals surface area (Å²) in [7, 11) is 0. The van der Waals surface area contributed by atoms with Gasteiger partial charge in [-0.1, -0.05) is 6.92 Å². The molecule has 1 atom stereocenters. The summed E-state index contributed by atoms with van der Waals surface area (Å²) in [4.78, 5) is 23.1. The van der Waals surface area contributed by atoms with Crippen molar-refractivity contribution in [3.8, 4) is 0 Å². The number of piperidine rings is 1. The van der Waals surface area contributed by atoms with Crippen LogP contribution in [0.3, 0.4) is 0 Å². The molecule has 26 heavy (non-hydrogen) atoms. The molecule has 150 valence electrons. The first-order valence-electron chi connectivity index (χ1n) is 9.92. The summed E-state index contributed by atoms with van der Waals surface area (Å²) in [6.07, 6.45) is 2.30. The highest BCUT2D eigenvalue weighted by Crippen LogP contribution is 2.18. The number of guanidine groups is 1. The highest BCUT2D eigenvalue weighted by atomic mass is 16.6. The summed E-state index contributed by atoms with van der Waals surface area (Å²) in [5.41, 5.74) is 5.73. The Bertz CT molecular complexity index is 487. The van der Waals surface area contributed by atoms with Crippen LogP contribution in [0, 0.1) is 5.92 Å². The van der Waals surface area contributed by atoms with Gasteiger partial charge in [0.2, 0.25) is 0 Å². The fourth-order valence-corrected chi connectivity index (χ4v) is 3.36. The molecular weight excluding hydrogens is 330 g/mol. The largest absolute Gasteiger partial charge is 0.444 e. The van der Waals surface area contributed by atoms with E-state index in [1.54, 1.807) is 4.90 Å². The molecule has 2 saturated heterocycles. The van der Waals surface area contributed by atoms with Crippen LogP contribution in [0.15, 0.2) is 4.99 Å². The van der Waals surface area contributed by atoms with Crippen molar-refractivity contribution in [1.29, 1.82) is 0 Å². The maximum absolute atomic E-state index is 12.1. The molecule has 2 heterocycles. The van der Waals surface area contributed by atoms with E-state index in [2.05, 4.69) is 28.6 Å². The SMILES string of the molecule is CC1CCN(C(C)CN=C(N)N2CCN(C(=O)OC(C)(C)C)CC2)CC1. The summed E-state index contributed by atoms with van der Waals surface area (Å²) in [5.74, 6) is 1.43. The van der Waals surface area contributed by atoms with Crippen molar-refractivity contribution in [3.05, 3.63) is 0 Å². The maximum atomic E-state index is 12.1. The van der Waals surface area contributed by atoms with Gasteiger partial charge in [0.05, 0.1) is 6.54 Å². The minimum absolute atomic E-state index is 0.249. The van der Waals surface area contributed by atoms with Crippen molar-refractivity contribution >= 4 is 12.1 Å². The fourth-order valence-electron chi connectivity index (χ4n) is 3.36. The zero-order chi connectivity index (χ0) is 19.3. The summed E-state index contributed by atoms with van der Waals surface area (Å²) in [6.45, 7) is 15.9. The minimum atomic E-state index is -0.461. The third-order valence-electron chi connectivity index (χ3n) is 5.21. The fraction of sp³-hybridized carbons (Fsp3) is 0.895. The molecule has 0 radical (unpaired) electrons. The highest BCUT2D eigenvalue weighted by Gasteiger charge is 2.26. The Kier molecular flexibility index (Phi) is 7.15. The van der Waals surface area contributed by atoms with Crippen LogP contribution < -0.4 is 5.73 Å². The van der Waals surface area contributed by atoms with Gasteiger partial charge in [-0.15, -0.1) is 0 Å². The molecule has 7 nitrogen and oxygen atoms in total. The minimum Gasteiger partial charge on any atom is -0.444 e. The lowest BCUT2D eigenvalue weighted by atomic mass is 9.98. The van der Waals surface area contributed by atoms with Crippen LogP contribution in [0.5, 0.6) is 0 Å². The predicted molar refractivity (Wildman–Crippen MR) is 105 cm³/mol. The molecule has 2 rings (SSSR count). The van der Waals surface area contributed by atoms with E-state index in [1.807, 2.05) is 20.8 Å². The number of hydrogen-bond donors (Lipinski definition) is 1. The Morgan fingerprint density at radius 3 is 2.19 bits per heavy atom. The molecule has 7 heteroatoms. The monoisotopic (exact) mass is 367 g/mol. The Morgan fingerprint density at radius 2 is 1.65 bits per heavy atom. The molecular formula is C19H37N5O2. The first-order valence-corrected chi connectivity index (χ1v) is 9.92. The number of carbonyl (C=O) groups excluding carboxylic acids is 1. The summed E-state index contributed by atoms with van der Waals surface area (Å²) in [6, 6.07) is 0.420. The molecule has 0 aromatic carbocycles. The molecule has 1 unspecified atom stereocenters. The second kappa shape index (κ2) is 8.93. The van der Waals surface area contributed by atoms with Gasteiger partial charge < -0.3 is 20.3 Å². The van der Waals surface area contributed by atoms with Gasteiger partial charge >= 0.3 is 6.09 Å². The zero-order valence-corrected chi connectivity index (χ0v) is 17.2. The molecule has 0 spiro atoms. The summed E-state index contributed by atoms with van der Waals surface area (Å²) in [5, 5.41) is 0. The van der Waals surface area contributed by atoms with Gasteiger partial charge in [0, 0.05) is 32.2 Å². The Hall–Kier alpha value is -1.50. The standard InChI is InChI=1S/C19H37N5O2/c1-15-6-8-22(9-7-15)16(2)14-21-17(20)23-10-12-24(13-11-23)18(25)26-19(3,4)5/h15-16H,6-14H2,1-5H3,(H2,20,21). The van der Waals surface area contributed by atoms with Crippen molar-refractivity contribution in [2.24, 2.45) is 16.6 Å². The molecule has 2 N–H and O–H groups in total. The van der Waals surface area contributed by atoms with Crippen LogP contribution in [0.2, 0.25) is 0 Å². The van der Waals surface area contributed by atoms with Crippen molar-refractivity contribution < 1.29 is 9.53 Å². The van der Waals surface area contributed by atoms with Gasteiger partial charge in [-0.2, -0.15) is 0 Å². The zero-order valence-electron chi connectivity index (χ0n) is 17.2. The lowest BCUT2D eigenvalue weighted by Crippen LogP contribution is -2.53. The average molecular weight is 368 g/mol. The second-order valence-corrected chi connectivity index (χ2v) is 8.72. The number of likely N-dealkylation sites (tertiary alicyclic amines) is 1. The number of carbonyl (C=O) groups is 1. The predicted octanol–water partition coefficient (Wildman–Crippen LogP) is 1.97. The third kappa shape index (κ3) is 6.34. The van der Waals surface area contributed by atoms with Gasteiger partial charge in [0.15, 0.2) is 5.96 Å². The average Bonchev–Trinajstić information content (AvgIpc) is 2.58. The van der Waals surface area contributed by atoms with Crippen molar-refractivity contribution in [2.75, 3.05) is 45.8 Å². The Labute approximate surface area is 158 Å². The smallest absolute Gasteiger partial charge is 0.410 e. The molecule has 2 aliphatic rings. The van der Waals surface area contributed by atoms with Gasteiger partial charge in [-0.3, -0.25) is 9.89 Å². The molecule has 0 aromatic rings. The summed E-state index contributed by atoms with van der Waals surface area (Å²) >= 11 is 0. The quantitative estimate of drug-likeness (QED) is 0.610. The normalized spacial score (nSPS) is 22.4. The van der Waals surface area contributed by atoms with E-state index in [4.69, 9.17) is 10.5 Å². The van der Waals surface area contributed by atoms with Crippen LogP contribution >= 0.6 is 0 Å². The van der Waals surface area contributed by atoms with Crippen molar-refractivity contribution in [2.45, 2.75) is 59.1 Å². The van der Waals surface area contributed by atoms with Crippen LogP contribution in [0.4, 0.5) is 4.79 Å². The molecule has 0 saturated carbocycles. The first-order chi connectivity index (χ1) is 12.2. The molecule has 0 bridgehead atoms. The molecule has 2 fully saturated rings. The van der Waals surface area contributed by atoms with Gasteiger partial charge in [-0.05, 0) is 59.5 Å². The second-order valence-electron chi connectivity index (χ2n) is 8.72. The van der Waals surface area contributed by atoms with Crippen LogP contribution in [0.1, 0.15) is 47.5 Å². The number of aliphatic imine (C=N–C) groups is 1. The molecule has 1 amide bonds. The number of nitrogens with two attached hydrogens (primary N) is 1. The Balaban J connectivity index is 1.76. The van der Waals surface area contributed by atoms with Crippen LogP contribution in [0.25, 0.3) is 0 Å². The molecule has 2 aliphatic heterocycles. The lowest BCUT2D eigenvalue weighted by Gasteiger charge is -2.36. The van der Waals surface area contributed by atoms with E-state index in [9.17, 15) is 4.79 Å². The third-order valence-corrected chi connectivity index (χ3v) is 5.21. The number of rotatable bonds is 3. The van der Waals surface area contributed by atoms with E-state index in [1.165, 1.54) is 12.8 Å². The number of nitrogens with zero attached hydrogens (tertiary/aromatic N) is 4. The van der Waals surface area contributed by atoms with Gasteiger partial charge in [0.25, 0.3) is 0 Å². The molecule has 0 aromatic heterocycles. The van der Waals surface area contributed by atoms with E-state index in [0.29, 0.717) is 38.2 Å². The van der Waals surface area contributed by atoms with Gasteiger partial charge in [0.1, 0.15) is 5.60 Å². The van der Waals surface area contributed by atoms with E-state index < -0.39 is 5.60 Å². The van der Waals surface area contributed by atoms with Crippen molar-refractivity contribution in [1.82, 2.24) is 14.7 Å². The maximum Gasteiger partial charge on any atom is 0.410 e. The van der Waals surface area contributed by atoms with E-state index >= 15 is 0 Å². The first kappa shape index (κ1) is 20.8. The van der Waals surface area contributed by atoms with Crippen molar-refractivity contribution in [3.63, 3.8) is 0 Å². The van der Waals surface area contributed by atoms with Gasteiger partial charge in [-0.25, -0.2) is 4.79 Å². The molecule has 0 aliphatic carbocycles. The van der Waals surface area contributed by atoms with E-state index in [0.717, 1.165) is 25.6 Å². The topological polar surface area (TPSA) is 74.4 Å². The number of ether oxygens (including phenoxy) is 1. The number of hydrogen-bond acceptors (Lipinski definition) is 4. The Morgan fingerprint density at radius 1 is 1.12 bits per heavy atom. The van der Waals surface area contributed by atoms with Crippen LogP contribution in [-0.2, 0) is 4.74 Å². The lowest BCUT2D eigenvalue weighted by molar-refractivity contribution is 0.0186. The van der Waals surface area contributed by atoms with Crippen LogP contribution in [-0.4, -0.2) is 84.2 Å². The van der Waals surface area contributed by atoms with E-state index in [-0.39, 0.29) is 6.09 Å². The highest BCUT2D eigenvalue weighted by molar-refractivity contribution is 5.78. The summed E-state index contributed by atoms with van der Waals surface area (Å²) < 4.78 is 5.43. The number of amides is 1. The number of piperazine rings is 1.